The van der Waals surface area contributed by atoms with Crippen molar-refractivity contribution in [3.63, 3.8) is 0 Å². The number of hydrogen-bond acceptors (Lipinski definition) is 4. The predicted molar refractivity (Wildman–Crippen MR) is 108 cm³/mol. The molecule has 0 saturated carbocycles. The molecule has 0 aliphatic carbocycles. The Balaban J connectivity index is 1.42. The number of benzene rings is 1. The van der Waals surface area contributed by atoms with Crippen LogP contribution in [0.5, 0.6) is 0 Å². The van der Waals surface area contributed by atoms with Gasteiger partial charge in [-0.2, -0.15) is 11.3 Å². The fourth-order valence-electron chi connectivity index (χ4n) is 4.67. The first-order chi connectivity index (χ1) is 12.1. The molecule has 2 aliphatic rings. The Morgan fingerprint density at radius 2 is 1.96 bits per heavy atom. The van der Waals surface area contributed by atoms with E-state index < -0.39 is 0 Å². The number of piperidine rings is 1. The summed E-state index contributed by atoms with van der Waals surface area (Å²) < 4.78 is 0. The summed E-state index contributed by atoms with van der Waals surface area (Å²) in [6, 6.07) is 9.79. The molecule has 3 nitrogen and oxygen atoms in total. The third-order valence-corrected chi connectivity index (χ3v) is 6.91. The maximum atomic E-state index is 8.58. The molecule has 0 radical (unpaired) electrons. The van der Waals surface area contributed by atoms with Gasteiger partial charge in [-0.3, -0.25) is 0 Å². The quantitative estimate of drug-likeness (QED) is 0.586. The lowest BCUT2D eigenvalue weighted by Gasteiger charge is -2.36. The summed E-state index contributed by atoms with van der Waals surface area (Å²) in [6.07, 6.45) is 7.32. The van der Waals surface area contributed by atoms with Gasteiger partial charge in [-0.05, 0) is 91.6 Å². The van der Waals surface area contributed by atoms with Crippen molar-refractivity contribution in [2.24, 2.45) is 5.92 Å². The number of rotatable bonds is 5. The van der Waals surface area contributed by atoms with Gasteiger partial charge in [0.2, 0.25) is 0 Å². The van der Waals surface area contributed by atoms with Crippen molar-refractivity contribution in [1.82, 2.24) is 4.90 Å². The van der Waals surface area contributed by atoms with E-state index in [1.807, 2.05) is 6.07 Å². The van der Waals surface area contributed by atoms with Crippen molar-refractivity contribution in [2.45, 2.75) is 50.6 Å². The first kappa shape index (κ1) is 16.8. The lowest BCUT2D eigenvalue weighted by atomic mass is 9.86. The molecule has 25 heavy (non-hydrogen) atoms. The van der Waals surface area contributed by atoms with Crippen LogP contribution in [0.15, 0.2) is 35.0 Å². The Labute approximate surface area is 154 Å². The van der Waals surface area contributed by atoms with Crippen molar-refractivity contribution in [3.8, 4) is 11.1 Å². The fraction of sp³-hybridized carbons (Fsp3) is 0.476. The molecule has 2 atom stereocenters. The highest BCUT2D eigenvalue weighted by Crippen LogP contribution is 2.39. The number of nitrogens with two attached hydrogens (primary N) is 1. The number of thiophene rings is 1. The molecule has 3 N–H and O–H groups in total. The van der Waals surface area contributed by atoms with Gasteiger partial charge in [0.15, 0.2) is 0 Å². The van der Waals surface area contributed by atoms with Gasteiger partial charge in [0.05, 0.1) is 0 Å². The molecule has 4 rings (SSSR count). The second-order valence-corrected chi connectivity index (χ2v) is 8.50. The van der Waals surface area contributed by atoms with E-state index in [9.17, 15) is 0 Å². The average molecular weight is 354 g/mol. The van der Waals surface area contributed by atoms with Crippen molar-refractivity contribution in [1.29, 1.82) is 5.41 Å². The fourth-order valence-corrected chi connectivity index (χ4v) is 5.33. The van der Waals surface area contributed by atoms with E-state index in [-0.39, 0.29) is 0 Å². The third-order valence-electron chi connectivity index (χ3n) is 6.23. The highest BCUT2D eigenvalue weighted by molar-refractivity contribution is 7.08. The second-order valence-electron chi connectivity index (χ2n) is 7.72. The van der Waals surface area contributed by atoms with Crippen LogP contribution in [0.2, 0.25) is 0 Å². The van der Waals surface area contributed by atoms with Crippen molar-refractivity contribution >= 4 is 22.7 Å². The van der Waals surface area contributed by atoms with Crippen LogP contribution < -0.4 is 5.73 Å². The molecule has 2 saturated heterocycles. The molecule has 1 aromatic carbocycles. The Kier molecular flexibility index (Phi) is 4.65. The summed E-state index contributed by atoms with van der Waals surface area (Å²) in [5.74, 6) is 0.773. The van der Waals surface area contributed by atoms with Gasteiger partial charge in [0, 0.05) is 29.0 Å². The van der Waals surface area contributed by atoms with Crippen LogP contribution in [0.1, 0.15) is 44.1 Å². The molecule has 2 aromatic rings. The zero-order valence-corrected chi connectivity index (χ0v) is 15.7. The highest BCUT2D eigenvalue weighted by atomic mass is 32.1. The predicted octanol–water partition coefficient (Wildman–Crippen LogP) is 5.02. The minimum Gasteiger partial charge on any atom is -0.398 e. The van der Waals surface area contributed by atoms with Gasteiger partial charge in [-0.15, -0.1) is 0 Å². The number of nitrogen functional groups attached to an aromatic ring is 1. The molecule has 1 aromatic heterocycles. The summed E-state index contributed by atoms with van der Waals surface area (Å²) in [5.41, 5.74) is 10.9. The molecular formula is C21H27N3S. The molecule has 2 unspecified atom stereocenters. The van der Waals surface area contributed by atoms with Gasteiger partial charge < -0.3 is 16.0 Å². The Morgan fingerprint density at radius 1 is 1.20 bits per heavy atom. The van der Waals surface area contributed by atoms with Crippen LogP contribution in [-0.2, 0) is 0 Å². The molecule has 2 fully saturated rings. The number of nitrogens with zero attached hydrogens (tertiary/aromatic N) is 1. The van der Waals surface area contributed by atoms with Gasteiger partial charge in [0.25, 0.3) is 0 Å². The van der Waals surface area contributed by atoms with Gasteiger partial charge in [0.1, 0.15) is 0 Å². The smallest absolute Gasteiger partial charge is 0.0407 e. The number of fused-ring (bicyclic) bond motifs is 2. The van der Waals surface area contributed by atoms with Crippen LogP contribution in [0.3, 0.4) is 0 Å². The summed E-state index contributed by atoms with van der Waals surface area (Å²) in [5, 5.41) is 12.8. The summed E-state index contributed by atoms with van der Waals surface area (Å²) >= 11 is 1.70. The molecule has 0 spiro atoms. The van der Waals surface area contributed by atoms with Crippen molar-refractivity contribution in [3.05, 3.63) is 40.6 Å². The third kappa shape index (κ3) is 3.38. The number of anilines is 1. The molecular weight excluding hydrogens is 326 g/mol. The van der Waals surface area contributed by atoms with Crippen LogP contribution in [-0.4, -0.2) is 29.7 Å². The van der Waals surface area contributed by atoms with Crippen LogP contribution in [0, 0.1) is 11.3 Å². The molecule has 2 bridgehead atoms. The van der Waals surface area contributed by atoms with Gasteiger partial charge in [-0.25, -0.2) is 0 Å². The lowest BCUT2D eigenvalue weighted by Crippen LogP contribution is -2.39. The Morgan fingerprint density at radius 3 is 2.64 bits per heavy atom. The first-order valence-corrected chi connectivity index (χ1v) is 10.3. The lowest BCUT2D eigenvalue weighted by molar-refractivity contribution is 0.130. The Bertz CT molecular complexity index is 739. The maximum Gasteiger partial charge on any atom is 0.0407 e. The minimum atomic E-state index is 0.695. The largest absolute Gasteiger partial charge is 0.398 e. The topological polar surface area (TPSA) is 53.1 Å². The summed E-state index contributed by atoms with van der Waals surface area (Å²) in [7, 11) is 2.29. The molecule has 0 amide bonds. The number of hydrogen-bond donors (Lipinski definition) is 2. The normalized spacial score (nSPS) is 26.0. The molecule has 3 heterocycles. The second kappa shape index (κ2) is 6.93. The van der Waals surface area contributed by atoms with Crippen molar-refractivity contribution in [2.75, 3.05) is 12.8 Å². The number of nitrogens with one attached hydrogen (secondary N) is 1. The van der Waals surface area contributed by atoms with Gasteiger partial charge in [-0.1, -0.05) is 6.07 Å². The van der Waals surface area contributed by atoms with Crippen LogP contribution in [0.25, 0.3) is 11.1 Å². The van der Waals surface area contributed by atoms with E-state index >= 15 is 0 Å². The standard InChI is InChI=1S/C21H27N3S/c1-24-17-4-5-18(24)11-14(10-17)2-6-20(22)19-12-15(3-7-21(19)23)16-8-9-25-13-16/h3,7-9,12-14,17-18,22H,2,4-6,10-11,23H2,1H3. The molecule has 4 heteroatoms. The summed E-state index contributed by atoms with van der Waals surface area (Å²) in [4.78, 5) is 2.59. The van der Waals surface area contributed by atoms with Crippen LogP contribution >= 0.6 is 11.3 Å². The van der Waals surface area contributed by atoms with E-state index in [4.69, 9.17) is 11.1 Å². The zero-order valence-electron chi connectivity index (χ0n) is 14.9. The zero-order chi connectivity index (χ0) is 17.4. The minimum absolute atomic E-state index is 0.695. The van der Waals surface area contributed by atoms with Gasteiger partial charge >= 0.3 is 0 Å². The van der Waals surface area contributed by atoms with Crippen LogP contribution in [0.4, 0.5) is 5.69 Å². The van der Waals surface area contributed by atoms with E-state index in [2.05, 4.69) is 40.9 Å². The average Bonchev–Trinajstić information content (AvgIpc) is 3.20. The maximum absolute atomic E-state index is 8.58. The van der Waals surface area contributed by atoms with Crippen molar-refractivity contribution < 1.29 is 0 Å². The molecule has 2 aliphatic heterocycles. The highest BCUT2D eigenvalue weighted by Gasteiger charge is 2.38. The van der Waals surface area contributed by atoms with E-state index in [0.29, 0.717) is 5.71 Å². The Hall–Kier alpha value is -1.65. The first-order valence-electron chi connectivity index (χ1n) is 9.33. The SMILES string of the molecule is CN1C2CCC1CC(CCC(=N)c1cc(-c3ccsc3)ccc1N)C2. The summed E-state index contributed by atoms with van der Waals surface area (Å²) in [6.45, 7) is 0. The van der Waals surface area contributed by atoms with E-state index in [1.54, 1.807) is 11.3 Å². The molecule has 132 valence electrons. The van der Waals surface area contributed by atoms with E-state index in [1.165, 1.54) is 31.2 Å². The van der Waals surface area contributed by atoms with E-state index in [0.717, 1.165) is 47.7 Å². The monoisotopic (exact) mass is 353 g/mol.